The highest BCUT2D eigenvalue weighted by Crippen LogP contribution is 2.33. The van der Waals surface area contributed by atoms with Crippen LogP contribution >= 0.6 is 0 Å². The van der Waals surface area contributed by atoms with Crippen molar-refractivity contribution in [1.82, 2.24) is 0 Å². The summed E-state index contributed by atoms with van der Waals surface area (Å²) in [5.41, 5.74) is 0.693. The number of hydrogen-bond acceptors (Lipinski definition) is 4. The van der Waals surface area contributed by atoms with Crippen LogP contribution < -0.4 is 14.2 Å². The molecule has 1 heterocycles. The quantitative estimate of drug-likeness (QED) is 0.943. The van der Waals surface area contributed by atoms with Crippen LogP contribution in [0.3, 0.4) is 0 Å². The van der Waals surface area contributed by atoms with Crippen molar-refractivity contribution in [3.63, 3.8) is 0 Å². The van der Waals surface area contributed by atoms with E-state index in [9.17, 15) is 12.8 Å². The van der Waals surface area contributed by atoms with E-state index in [-0.39, 0.29) is 4.90 Å². The normalized spacial score (nSPS) is 13.7. The topological polar surface area (TPSA) is 64.6 Å². The van der Waals surface area contributed by atoms with Gasteiger partial charge in [-0.05, 0) is 42.8 Å². The average Bonchev–Trinajstić information content (AvgIpc) is 2.46. The van der Waals surface area contributed by atoms with Gasteiger partial charge in [0.15, 0.2) is 11.5 Å². The monoisotopic (exact) mass is 323 g/mol. The Bertz CT molecular complexity index is 820. The number of fused-ring (bicyclic) bond motifs is 1. The maximum absolute atomic E-state index is 13.1. The van der Waals surface area contributed by atoms with Crippen LogP contribution in [0.15, 0.2) is 41.3 Å². The summed E-state index contributed by atoms with van der Waals surface area (Å²) in [7, 11) is -3.80. The summed E-state index contributed by atoms with van der Waals surface area (Å²) in [5, 5.41) is 0. The van der Waals surface area contributed by atoms with Gasteiger partial charge in [-0.3, -0.25) is 4.72 Å². The third-order valence-corrected chi connectivity index (χ3v) is 4.76. The van der Waals surface area contributed by atoms with Gasteiger partial charge in [-0.2, -0.15) is 0 Å². The van der Waals surface area contributed by atoms with E-state index in [1.54, 1.807) is 25.1 Å². The van der Waals surface area contributed by atoms with E-state index in [0.29, 0.717) is 36.0 Å². The molecular formula is C15H14FNO4S. The Labute approximate surface area is 127 Å². The molecule has 3 rings (SSSR count). The first-order valence-electron chi connectivity index (χ1n) is 6.64. The van der Waals surface area contributed by atoms with Gasteiger partial charge in [0.25, 0.3) is 10.0 Å². The van der Waals surface area contributed by atoms with Crippen molar-refractivity contribution in [2.75, 3.05) is 17.9 Å². The van der Waals surface area contributed by atoms with Crippen LogP contribution in [0.4, 0.5) is 10.1 Å². The molecule has 0 unspecified atom stereocenters. The molecule has 0 atom stereocenters. The lowest BCUT2D eigenvalue weighted by atomic mass is 10.2. The molecule has 5 nitrogen and oxygen atoms in total. The van der Waals surface area contributed by atoms with E-state index in [0.717, 1.165) is 6.07 Å². The van der Waals surface area contributed by atoms with E-state index >= 15 is 0 Å². The van der Waals surface area contributed by atoms with Gasteiger partial charge in [-0.15, -0.1) is 0 Å². The van der Waals surface area contributed by atoms with Crippen molar-refractivity contribution < 1.29 is 22.3 Å². The van der Waals surface area contributed by atoms with Crippen molar-refractivity contribution in [2.24, 2.45) is 0 Å². The van der Waals surface area contributed by atoms with E-state index in [4.69, 9.17) is 9.47 Å². The van der Waals surface area contributed by atoms with Gasteiger partial charge in [0.1, 0.15) is 19.0 Å². The Morgan fingerprint density at radius 3 is 2.50 bits per heavy atom. The fourth-order valence-electron chi connectivity index (χ4n) is 2.23. The Kier molecular flexibility index (Phi) is 3.66. The summed E-state index contributed by atoms with van der Waals surface area (Å²) in [6.07, 6.45) is 0. The smallest absolute Gasteiger partial charge is 0.262 e. The van der Waals surface area contributed by atoms with Gasteiger partial charge < -0.3 is 9.47 Å². The second kappa shape index (κ2) is 5.49. The molecule has 0 amide bonds. The first-order chi connectivity index (χ1) is 10.5. The maximum atomic E-state index is 13.1. The standard InChI is InChI=1S/C15H14FNO4S/c1-10-8-11(16)2-5-15(10)22(18,19)17-12-3-4-13-14(9-12)21-7-6-20-13/h2-5,8-9,17H,6-7H2,1H3. The summed E-state index contributed by atoms with van der Waals surface area (Å²) in [6, 6.07) is 8.33. The van der Waals surface area contributed by atoms with E-state index in [2.05, 4.69) is 4.72 Å². The van der Waals surface area contributed by atoms with E-state index in [1.807, 2.05) is 0 Å². The number of sulfonamides is 1. The highest BCUT2D eigenvalue weighted by Gasteiger charge is 2.19. The van der Waals surface area contributed by atoms with E-state index < -0.39 is 15.8 Å². The Morgan fingerprint density at radius 1 is 1.05 bits per heavy atom. The molecule has 0 aliphatic carbocycles. The number of nitrogens with one attached hydrogen (secondary N) is 1. The van der Waals surface area contributed by atoms with Gasteiger partial charge in [-0.25, -0.2) is 12.8 Å². The van der Waals surface area contributed by atoms with Crippen LogP contribution in [0.2, 0.25) is 0 Å². The first-order valence-corrected chi connectivity index (χ1v) is 8.13. The molecule has 0 radical (unpaired) electrons. The molecule has 0 saturated heterocycles. The minimum Gasteiger partial charge on any atom is -0.486 e. The lowest BCUT2D eigenvalue weighted by molar-refractivity contribution is 0.171. The number of anilines is 1. The number of aryl methyl sites for hydroxylation is 1. The van der Waals surface area contributed by atoms with Crippen LogP contribution in [0, 0.1) is 12.7 Å². The van der Waals surface area contributed by atoms with Gasteiger partial charge in [0, 0.05) is 6.07 Å². The number of rotatable bonds is 3. The molecule has 2 aromatic rings. The molecule has 0 saturated carbocycles. The van der Waals surface area contributed by atoms with Gasteiger partial charge in [0.2, 0.25) is 0 Å². The summed E-state index contributed by atoms with van der Waals surface area (Å²) in [5.74, 6) is 0.588. The lowest BCUT2D eigenvalue weighted by Crippen LogP contribution is -2.17. The van der Waals surface area contributed by atoms with Crippen molar-refractivity contribution in [2.45, 2.75) is 11.8 Å². The molecule has 1 N–H and O–H groups in total. The Hall–Kier alpha value is -2.28. The van der Waals surface area contributed by atoms with Crippen LogP contribution in [-0.2, 0) is 10.0 Å². The predicted octanol–water partition coefficient (Wildman–Crippen LogP) is 2.71. The zero-order valence-corrected chi connectivity index (χ0v) is 12.6. The van der Waals surface area contributed by atoms with Crippen molar-refractivity contribution in [3.05, 3.63) is 47.8 Å². The summed E-state index contributed by atoms with van der Waals surface area (Å²) < 4.78 is 51.2. The van der Waals surface area contributed by atoms with Crippen molar-refractivity contribution in [1.29, 1.82) is 0 Å². The van der Waals surface area contributed by atoms with Gasteiger partial charge >= 0.3 is 0 Å². The van der Waals surface area contributed by atoms with Crippen LogP contribution in [0.5, 0.6) is 11.5 Å². The highest BCUT2D eigenvalue weighted by atomic mass is 32.2. The first kappa shape index (κ1) is 14.6. The zero-order valence-electron chi connectivity index (χ0n) is 11.8. The van der Waals surface area contributed by atoms with Gasteiger partial charge in [-0.1, -0.05) is 0 Å². The summed E-state index contributed by atoms with van der Waals surface area (Å²) in [4.78, 5) is 0.0313. The van der Waals surface area contributed by atoms with Crippen molar-refractivity contribution >= 4 is 15.7 Å². The molecule has 2 aromatic carbocycles. The van der Waals surface area contributed by atoms with Crippen LogP contribution in [-0.4, -0.2) is 21.6 Å². The fourth-order valence-corrected chi connectivity index (χ4v) is 3.51. The number of halogens is 1. The molecule has 0 fully saturated rings. The molecule has 7 heteroatoms. The molecule has 116 valence electrons. The number of benzene rings is 2. The zero-order chi connectivity index (χ0) is 15.7. The number of hydrogen-bond donors (Lipinski definition) is 1. The maximum Gasteiger partial charge on any atom is 0.262 e. The summed E-state index contributed by atoms with van der Waals surface area (Å²) in [6.45, 7) is 2.43. The minimum atomic E-state index is -3.80. The summed E-state index contributed by atoms with van der Waals surface area (Å²) >= 11 is 0. The predicted molar refractivity (Wildman–Crippen MR) is 79.4 cm³/mol. The molecule has 1 aliphatic heterocycles. The highest BCUT2D eigenvalue weighted by molar-refractivity contribution is 7.92. The van der Waals surface area contributed by atoms with E-state index in [1.165, 1.54) is 12.1 Å². The second-order valence-electron chi connectivity index (χ2n) is 4.87. The largest absolute Gasteiger partial charge is 0.486 e. The molecule has 0 spiro atoms. The fraction of sp³-hybridized carbons (Fsp3) is 0.200. The molecule has 1 aliphatic rings. The van der Waals surface area contributed by atoms with Crippen LogP contribution in [0.1, 0.15) is 5.56 Å². The Balaban J connectivity index is 1.91. The molecule has 0 aromatic heterocycles. The SMILES string of the molecule is Cc1cc(F)ccc1S(=O)(=O)Nc1ccc2c(c1)OCCO2. The average molecular weight is 323 g/mol. The van der Waals surface area contributed by atoms with Crippen molar-refractivity contribution in [3.8, 4) is 11.5 Å². The van der Waals surface area contributed by atoms with Gasteiger partial charge in [0.05, 0.1) is 10.6 Å². The molecular weight excluding hydrogens is 309 g/mol. The lowest BCUT2D eigenvalue weighted by Gasteiger charge is -2.19. The minimum absolute atomic E-state index is 0.0313. The second-order valence-corrected chi connectivity index (χ2v) is 6.52. The third kappa shape index (κ3) is 2.85. The molecule has 0 bridgehead atoms. The molecule has 22 heavy (non-hydrogen) atoms. The third-order valence-electron chi connectivity index (χ3n) is 3.22. The number of ether oxygens (including phenoxy) is 2. The Morgan fingerprint density at radius 2 is 1.77 bits per heavy atom. The van der Waals surface area contributed by atoms with Crippen LogP contribution in [0.25, 0.3) is 0 Å².